The molecule has 0 N–H and O–H groups in total. The number of benzene rings is 3. The predicted molar refractivity (Wildman–Crippen MR) is 104 cm³/mol. The van der Waals surface area contributed by atoms with Crippen LogP contribution < -0.4 is 0 Å². The highest BCUT2D eigenvalue weighted by molar-refractivity contribution is 5.90. The number of ether oxygens (including phenoxy) is 2. The molecule has 0 saturated carbocycles. The van der Waals surface area contributed by atoms with Gasteiger partial charge in [0.25, 0.3) is 0 Å². The fourth-order valence-corrected chi connectivity index (χ4v) is 3.06. The van der Waals surface area contributed by atoms with Crippen molar-refractivity contribution in [2.24, 2.45) is 0 Å². The molecule has 0 fully saturated rings. The lowest BCUT2D eigenvalue weighted by molar-refractivity contribution is -0.0251. The van der Waals surface area contributed by atoms with Crippen molar-refractivity contribution in [2.45, 2.75) is 12.2 Å². The third kappa shape index (κ3) is 3.71. The van der Waals surface area contributed by atoms with E-state index in [2.05, 4.69) is 6.08 Å². The van der Waals surface area contributed by atoms with Gasteiger partial charge in [0.15, 0.2) is 12.2 Å². The van der Waals surface area contributed by atoms with Crippen LogP contribution in [0.3, 0.4) is 0 Å². The van der Waals surface area contributed by atoms with Crippen molar-refractivity contribution < 1.29 is 19.1 Å². The van der Waals surface area contributed by atoms with Crippen molar-refractivity contribution in [3.05, 3.63) is 113 Å². The van der Waals surface area contributed by atoms with Crippen LogP contribution in [-0.4, -0.2) is 18.0 Å². The molecular weight excluding hydrogens is 352 g/mol. The molecule has 3 aromatic carbocycles. The maximum Gasteiger partial charge on any atom is 0.338 e. The summed E-state index contributed by atoms with van der Waals surface area (Å²) in [5, 5.41) is 0. The molecule has 2 unspecified atom stereocenters. The Labute approximate surface area is 163 Å². The lowest BCUT2D eigenvalue weighted by Gasteiger charge is -2.29. The van der Waals surface area contributed by atoms with E-state index in [1.807, 2.05) is 36.4 Å². The normalized spacial score (nSPS) is 17.4. The van der Waals surface area contributed by atoms with Gasteiger partial charge in [-0.3, -0.25) is 0 Å². The first-order valence-corrected chi connectivity index (χ1v) is 8.92. The standard InChI is InChI=1S/C24H17O4/c25-23(18-10-3-1-4-11-18)27-21-16-15-17-9-7-8-14-20(17)22(21)28-24(26)19-12-5-2-6-13-19/h1-15,21-22H. The highest BCUT2D eigenvalue weighted by atomic mass is 16.6. The van der Waals surface area contributed by atoms with Gasteiger partial charge in [-0.2, -0.15) is 0 Å². The first-order valence-electron chi connectivity index (χ1n) is 8.92. The van der Waals surface area contributed by atoms with E-state index >= 15 is 0 Å². The smallest absolute Gasteiger partial charge is 0.338 e. The monoisotopic (exact) mass is 369 g/mol. The predicted octanol–water partition coefficient (Wildman–Crippen LogP) is 4.64. The molecule has 1 aliphatic rings. The summed E-state index contributed by atoms with van der Waals surface area (Å²) in [7, 11) is 0. The molecule has 4 heteroatoms. The van der Waals surface area contributed by atoms with Gasteiger partial charge >= 0.3 is 11.9 Å². The molecular formula is C24H17O4. The second-order valence-corrected chi connectivity index (χ2v) is 6.32. The fourth-order valence-electron chi connectivity index (χ4n) is 3.06. The maximum atomic E-state index is 12.6. The van der Waals surface area contributed by atoms with Crippen LogP contribution in [0.15, 0.2) is 84.9 Å². The number of hydrogen-bond donors (Lipinski definition) is 0. The van der Waals surface area contributed by atoms with Crippen LogP contribution in [0, 0.1) is 6.08 Å². The molecule has 4 rings (SSSR count). The number of rotatable bonds is 4. The Kier molecular flexibility index (Phi) is 5.02. The molecule has 1 radical (unpaired) electrons. The first kappa shape index (κ1) is 17.7. The van der Waals surface area contributed by atoms with Crippen molar-refractivity contribution in [2.75, 3.05) is 0 Å². The topological polar surface area (TPSA) is 52.6 Å². The molecule has 0 aromatic heterocycles. The van der Waals surface area contributed by atoms with Crippen LogP contribution in [-0.2, 0) is 9.47 Å². The van der Waals surface area contributed by atoms with Gasteiger partial charge in [0.05, 0.1) is 11.1 Å². The molecule has 0 saturated heterocycles. The third-order valence-corrected chi connectivity index (χ3v) is 4.47. The molecule has 28 heavy (non-hydrogen) atoms. The molecule has 2 atom stereocenters. The SMILES string of the molecule is O=C(OC1[C]=Cc2ccccc2C1OC(=O)c1ccccc1)c1ccccc1. The molecule has 0 spiro atoms. The van der Waals surface area contributed by atoms with Crippen molar-refractivity contribution in [1.82, 2.24) is 0 Å². The van der Waals surface area contributed by atoms with E-state index in [0.717, 1.165) is 11.1 Å². The van der Waals surface area contributed by atoms with E-state index < -0.39 is 24.1 Å². The largest absolute Gasteiger partial charge is 0.449 e. The van der Waals surface area contributed by atoms with E-state index in [1.165, 1.54) is 0 Å². The lowest BCUT2D eigenvalue weighted by atomic mass is 9.92. The zero-order valence-electron chi connectivity index (χ0n) is 14.9. The first-order chi connectivity index (χ1) is 13.7. The molecule has 137 valence electrons. The van der Waals surface area contributed by atoms with Gasteiger partial charge in [0.2, 0.25) is 0 Å². The van der Waals surface area contributed by atoms with Gasteiger partial charge in [-0.05, 0) is 35.9 Å². The van der Waals surface area contributed by atoms with E-state index in [9.17, 15) is 9.59 Å². The number of carbonyl (C=O) groups excluding carboxylic acids is 2. The Bertz CT molecular complexity index is 1010. The molecule has 4 nitrogen and oxygen atoms in total. The lowest BCUT2D eigenvalue weighted by Crippen LogP contribution is -2.30. The zero-order valence-corrected chi connectivity index (χ0v) is 14.9. The zero-order chi connectivity index (χ0) is 19.3. The minimum atomic E-state index is -0.838. The maximum absolute atomic E-state index is 12.6. The quantitative estimate of drug-likeness (QED) is 0.629. The van der Waals surface area contributed by atoms with Gasteiger partial charge in [-0.25, -0.2) is 9.59 Å². The van der Waals surface area contributed by atoms with E-state index in [0.29, 0.717) is 11.1 Å². The highest BCUT2D eigenvalue weighted by Crippen LogP contribution is 2.33. The van der Waals surface area contributed by atoms with Crippen LogP contribution in [0.25, 0.3) is 6.08 Å². The number of carbonyl (C=O) groups is 2. The average molecular weight is 369 g/mol. The van der Waals surface area contributed by atoms with Gasteiger partial charge in [-0.1, -0.05) is 60.7 Å². The summed E-state index contributed by atoms with van der Waals surface area (Å²) >= 11 is 0. The molecule has 0 aliphatic heterocycles. The van der Waals surface area contributed by atoms with E-state index in [4.69, 9.17) is 9.47 Å². The third-order valence-electron chi connectivity index (χ3n) is 4.47. The summed E-state index contributed by atoms with van der Waals surface area (Å²) in [5.74, 6) is -0.975. The Morgan fingerprint density at radius 3 is 1.86 bits per heavy atom. The molecule has 1 aliphatic carbocycles. The van der Waals surface area contributed by atoms with Gasteiger partial charge in [0.1, 0.15) is 0 Å². The molecule has 0 amide bonds. The van der Waals surface area contributed by atoms with Gasteiger partial charge in [0, 0.05) is 11.6 Å². The number of hydrogen-bond acceptors (Lipinski definition) is 4. The van der Waals surface area contributed by atoms with Crippen molar-refractivity contribution >= 4 is 18.0 Å². The minimum absolute atomic E-state index is 0.427. The second-order valence-electron chi connectivity index (χ2n) is 6.32. The minimum Gasteiger partial charge on any atom is -0.449 e. The van der Waals surface area contributed by atoms with Crippen LogP contribution in [0.2, 0.25) is 0 Å². The fraction of sp³-hybridized carbons (Fsp3) is 0.0833. The van der Waals surface area contributed by atoms with Crippen molar-refractivity contribution in [1.29, 1.82) is 0 Å². The summed E-state index contributed by atoms with van der Waals surface area (Å²) in [6.45, 7) is 0. The summed E-state index contributed by atoms with van der Waals surface area (Å²) in [5.41, 5.74) is 2.51. The average Bonchev–Trinajstić information content (AvgIpc) is 2.76. The summed E-state index contributed by atoms with van der Waals surface area (Å²) < 4.78 is 11.4. The summed E-state index contributed by atoms with van der Waals surface area (Å²) in [6, 6.07) is 24.9. The van der Waals surface area contributed by atoms with Crippen LogP contribution >= 0.6 is 0 Å². The Morgan fingerprint density at radius 1 is 0.679 bits per heavy atom. The van der Waals surface area contributed by atoms with Crippen LogP contribution in [0.5, 0.6) is 0 Å². The van der Waals surface area contributed by atoms with Gasteiger partial charge in [-0.15, -0.1) is 0 Å². The molecule has 3 aromatic rings. The van der Waals surface area contributed by atoms with Crippen molar-refractivity contribution in [3.63, 3.8) is 0 Å². The number of fused-ring (bicyclic) bond motifs is 1. The van der Waals surface area contributed by atoms with Crippen molar-refractivity contribution in [3.8, 4) is 0 Å². The Hall–Kier alpha value is -3.66. The Balaban J connectivity index is 1.61. The molecule has 0 heterocycles. The van der Waals surface area contributed by atoms with E-state index in [-0.39, 0.29) is 0 Å². The second kappa shape index (κ2) is 7.92. The van der Waals surface area contributed by atoms with Gasteiger partial charge < -0.3 is 9.47 Å². The Morgan fingerprint density at radius 2 is 1.21 bits per heavy atom. The van der Waals surface area contributed by atoms with E-state index in [1.54, 1.807) is 54.6 Å². The van der Waals surface area contributed by atoms with Crippen LogP contribution in [0.1, 0.15) is 37.9 Å². The highest BCUT2D eigenvalue weighted by Gasteiger charge is 2.33. The summed E-state index contributed by atoms with van der Waals surface area (Å²) in [6.07, 6.45) is 3.18. The van der Waals surface area contributed by atoms with Crippen LogP contribution in [0.4, 0.5) is 0 Å². The summed E-state index contributed by atoms with van der Waals surface area (Å²) in [4.78, 5) is 25.1. The number of esters is 2. The molecule has 0 bridgehead atoms.